The SMILES string of the molecule is O=C(c1cc(F)c(F)cc1Cl)N(Cc1nc2ccccc2c(=O)[nH]1)C[C@H]1CCCO1. The molecule has 1 aliphatic rings. The van der Waals surface area contributed by atoms with E-state index in [9.17, 15) is 18.4 Å². The quantitative estimate of drug-likeness (QED) is 0.623. The van der Waals surface area contributed by atoms with Crippen molar-refractivity contribution in [1.82, 2.24) is 14.9 Å². The van der Waals surface area contributed by atoms with Gasteiger partial charge in [0.25, 0.3) is 11.5 Å². The van der Waals surface area contributed by atoms with Crippen LogP contribution in [0.4, 0.5) is 8.78 Å². The van der Waals surface area contributed by atoms with Gasteiger partial charge < -0.3 is 14.6 Å². The van der Waals surface area contributed by atoms with E-state index in [0.29, 0.717) is 17.5 Å². The van der Waals surface area contributed by atoms with E-state index in [1.807, 2.05) is 0 Å². The van der Waals surface area contributed by atoms with Crippen LogP contribution in [0.15, 0.2) is 41.2 Å². The molecule has 0 radical (unpaired) electrons. The van der Waals surface area contributed by atoms with Crippen LogP contribution in [0, 0.1) is 11.6 Å². The fraction of sp³-hybridized carbons (Fsp3) is 0.286. The van der Waals surface area contributed by atoms with Crippen LogP contribution in [-0.4, -0.2) is 40.0 Å². The number of aromatic amines is 1. The van der Waals surface area contributed by atoms with Crippen LogP contribution in [0.1, 0.15) is 29.0 Å². The van der Waals surface area contributed by atoms with E-state index >= 15 is 0 Å². The Labute approximate surface area is 175 Å². The molecule has 0 aliphatic carbocycles. The molecule has 9 heteroatoms. The maximum Gasteiger partial charge on any atom is 0.258 e. The lowest BCUT2D eigenvalue weighted by molar-refractivity contribution is 0.0501. The normalized spacial score (nSPS) is 16.2. The molecule has 1 aliphatic heterocycles. The number of ether oxygens (including phenoxy) is 1. The van der Waals surface area contributed by atoms with Gasteiger partial charge in [0.1, 0.15) is 5.82 Å². The summed E-state index contributed by atoms with van der Waals surface area (Å²) in [4.78, 5) is 34.0. The first kappa shape index (κ1) is 20.4. The van der Waals surface area contributed by atoms with E-state index < -0.39 is 17.5 Å². The molecule has 0 spiro atoms. The van der Waals surface area contributed by atoms with Crippen LogP contribution in [-0.2, 0) is 11.3 Å². The Morgan fingerprint density at radius 1 is 1.27 bits per heavy atom. The minimum Gasteiger partial charge on any atom is -0.376 e. The lowest BCUT2D eigenvalue weighted by atomic mass is 10.1. The average Bonchev–Trinajstić information content (AvgIpc) is 3.23. The van der Waals surface area contributed by atoms with Gasteiger partial charge in [0.2, 0.25) is 0 Å². The van der Waals surface area contributed by atoms with Gasteiger partial charge in [-0.15, -0.1) is 0 Å². The standard InChI is InChI=1S/C21H18ClF2N3O3/c22-15-9-17(24)16(23)8-14(15)21(29)27(10-12-4-3-7-30-12)11-19-25-18-6-2-1-5-13(18)20(28)26-19/h1-2,5-6,8-9,12H,3-4,7,10-11H2,(H,25,26,28)/t12-/m1/s1. The number of halogens is 3. The maximum atomic E-state index is 13.8. The number of para-hydroxylation sites is 1. The maximum absolute atomic E-state index is 13.8. The zero-order valence-electron chi connectivity index (χ0n) is 15.8. The molecule has 6 nitrogen and oxygen atoms in total. The number of carbonyl (C=O) groups is 1. The number of nitrogens with zero attached hydrogens (tertiary/aromatic N) is 2. The van der Waals surface area contributed by atoms with Gasteiger partial charge in [-0.25, -0.2) is 13.8 Å². The summed E-state index contributed by atoms with van der Waals surface area (Å²) in [6.45, 7) is 0.739. The largest absolute Gasteiger partial charge is 0.376 e. The fourth-order valence-electron chi connectivity index (χ4n) is 3.50. The molecule has 1 N–H and O–H groups in total. The zero-order valence-corrected chi connectivity index (χ0v) is 16.6. The summed E-state index contributed by atoms with van der Waals surface area (Å²) in [5.41, 5.74) is -0.00528. The predicted octanol–water partition coefficient (Wildman–Crippen LogP) is 3.68. The van der Waals surface area contributed by atoms with Crippen molar-refractivity contribution in [3.8, 4) is 0 Å². The van der Waals surface area contributed by atoms with Crippen LogP contribution in [0.3, 0.4) is 0 Å². The van der Waals surface area contributed by atoms with Crippen LogP contribution in [0.25, 0.3) is 10.9 Å². The highest BCUT2D eigenvalue weighted by Crippen LogP contribution is 2.23. The number of amides is 1. The van der Waals surface area contributed by atoms with Gasteiger partial charge in [0.05, 0.1) is 34.1 Å². The minimum absolute atomic E-state index is 0.0475. The Kier molecular flexibility index (Phi) is 5.78. The van der Waals surface area contributed by atoms with Gasteiger partial charge in [-0.2, -0.15) is 0 Å². The number of fused-ring (bicyclic) bond motifs is 1. The molecule has 1 saturated heterocycles. The molecule has 0 unspecified atom stereocenters. The summed E-state index contributed by atoms with van der Waals surface area (Å²) in [5.74, 6) is -2.64. The Balaban J connectivity index is 1.69. The van der Waals surface area contributed by atoms with Crippen molar-refractivity contribution in [3.05, 3.63) is 74.8 Å². The number of carbonyl (C=O) groups excluding carboxylic acids is 1. The van der Waals surface area contributed by atoms with Crippen molar-refractivity contribution >= 4 is 28.4 Å². The molecular formula is C21H18ClF2N3O3. The Bertz CT molecular complexity index is 1160. The number of hydrogen-bond donors (Lipinski definition) is 1. The number of hydrogen-bond acceptors (Lipinski definition) is 4. The van der Waals surface area contributed by atoms with Crippen molar-refractivity contribution in [2.45, 2.75) is 25.5 Å². The lowest BCUT2D eigenvalue weighted by Gasteiger charge is -2.25. The van der Waals surface area contributed by atoms with Crippen molar-refractivity contribution in [3.63, 3.8) is 0 Å². The first-order valence-electron chi connectivity index (χ1n) is 9.45. The van der Waals surface area contributed by atoms with Crippen LogP contribution in [0.2, 0.25) is 5.02 Å². The summed E-state index contributed by atoms with van der Waals surface area (Å²) in [6.07, 6.45) is 1.42. The molecule has 4 rings (SSSR count). The number of rotatable bonds is 5. The van der Waals surface area contributed by atoms with Crippen molar-refractivity contribution in [2.24, 2.45) is 0 Å². The molecule has 1 aromatic heterocycles. The third-order valence-corrected chi connectivity index (χ3v) is 5.29. The second-order valence-corrected chi connectivity index (χ2v) is 7.50. The molecule has 156 valence electrons. The van der Waals surface area contributed by atoms with E-state index in [2.05, 4.69) is 9.97 Å². The van der Waals surface area contributed by atoms with Gasteiger partial charge in [-0.05, 0) is 37.1 Å². The second-order valence-electron chi connectivity index (χ2n) is 7.10. The van der Waals surface area contributed by atoms with Crippen molar-refractivity contribution in [2.75, 3.05) is 13.2 Å². The molecule has 0 saturated carbocycles. The highest BCUT2D eigenvalue weighted by Gasteiger charge is 2.26. The van der Waals surface area contributed by atoms with E-state index in [1.54, 1.807) is 24.3 Å². The smallest absolute Gasteiger partial charge is 0.258 e. The van der Waals surface area contributed by atoms with Crippen LogP contribution < -0.4 is 5.56 Å². The van der Waals surface area contributed by atoms with E-state index in [1.165, 1.54) is 4.90 Å². The van der Waals surface area contributed by atoms with Gasteiger partial charge in [0, 0.05) is 13.2 Å². The van der Waals surface area contributed by atoms with E-state index in [0.717, 1.165) is 25.0 Å². The predicted molar refractivity (Wildman–Crippen MR) is 107 cm³/mol. The van der Waals surface area contributed by atoms with Crippen LogP contribution in [0.5, 0.6) is 0 Å². The van der Waals surface area contributed by atoms with Crippen molar-refractivity contribution < 1.29 is 18.3 Å². The number of aromatic nitrogens is 2. The summed E-state index contributed by atoms with van der Waals surface area (Å²) in [6, 6.07) is 8.39. The number of H-pyrrole nitrogens is 1. The summed E-state index contributed by atoms with van der Waals surface area (Å²) in [5, 5.41) is 0.234. The molecular weight excluding hydrogens is 416 g/mol. The van der Waals surface area contributed by atoms with E-state index in [4.69, 9.17) is 16.3 Å². The highest BCUT2D eigenvalue weighted by molar-refractivity contribution is 6.33. The third kappa shape index (κ3) is 4.20. The monoisotopic (exact) mass is 433 g/mol. The summed E-state index contributed by atoms with van der Waals surface area (Å²) in [7, 11) is 0. The molecule has 1 amide bonds. The van der Waals surface area contributed by atoms with Gasteiger partial charge in [-0.1, -0.05) is 23.7 Å². The Morgan fingerprint density at radius 2 is 2.03 bits per heavy atom. The van der Waals surface area contributed by atoms with Gasteiger partial charge in [0.15, 0.2) is 11.6 Å². The molecule has 3 aromatic rings. The molecule has 1 fully saturated rings. The van der Waals surface area contributed by atoms with Crippen molar-refractivity contribution in [1.29, 1.82) is 0 Å². The molecule has 0 bridgehead atoms. The minimum atomic E-state index is -1.17. The summed E-state index contributed by atoms with van der Waals surface area (Å²) >= 11 is 6.00. The Morgan fingerprint density at radius 3 is 2.80 bits per heavy atom. The van der Waals surface area contributed by atoms with E-state index in [-0.39, 0.29) is 41.2 Å². The molecule has 30 heavy (non-hydrogen) atoms. The molecule has 2 aromatic carbocycles. The second kappa shape index (κ2) is 8.49. The Hall–Kier alpha value is -2.84. The fourth-order valence-corrected chi connectivity index (χ4v) is 3.73. The molecule has 2 heterocycles. The third-order valence-electron chi connectivity index (χ3n) is 4.98. The zero-order chi connectivity index (χ0) is 21.3. The number of benzene rings is 2. The van der Waals surface area contributed by atoms with Gasteiger partial charge in [-0.3, -0.25) is 9.59 Å². The number of nitrogens with one attached hydrogen (secondary N) is 1. The average molecular weight is 434 g/mol. The van der Waals surface area contributed by atoms with Gasteiger partial charge >= 0.3 is 0 Å². The first-order valence-corrected chi connectivity index (χ1v) is 9.83. The first-order chi connectivity index (χ1) is 14.4. The lowest BCUT2D eigenvalue weighted by Crippen LogP contribution is -2.38. The topological polar surface area (TPSA) is 75.3 Å². The van der Waals surface area contributed by atoms with Crippen LogP contribution >= 0.6 is 11.6 Å². The molecule has 1 atom stereocenters. The summed E-state index contributed by atoms with van der Waals surface area (Å²) < 4.78 is 32.8. The highest BCUT2D eigenvalue weighted by atomic mass is 35.5.